The van der Waals surface area contributed by atoms with Crippen LogP contribution in [0.5, 0.6) is 11.5 Å². The van der Waals surface area contributed by atoms with E-state index in [2.05, 4.69) is 192 Å². The highest BCUT2D eigenvalue weighted by Gasteiger charge is 2.20. The average molecular weight is 943 g/mol. The molecule has 0 N–H and O–H groups in total. The lowest BCUT2D eigenvalue weighted by Crippen LogP contribution is -2.16. The third-order valence-electron chi connectivity index (χ3n) is 13.9. The SMILES string of the molecule is COc1ccc(N(Cc2cccc3ccccc23)c2ccc(/C=C/c3ccc4c(C#N)c5cc(/C=C\c6ccc(N(c7ccc(OC)cc7)c7cccc8c7CCC=C8)cc6)ccc5c(C#N)c4c3)cc2)cc1. The number of nitriles is 2. The lowest BCUT2D eigenvalue weighted by Gasteiger charge is -2.29. The van der Waals surface area contributed by atoms with Crippen LogP contribution in [-0.2, 0) is 13.0 Å². The molecule has 11 rings (SSSR count). The zero-order chi connectivity index (χ0) is 49.7. The summed E-state index contributed by atoms with van der Waals surface area (Å²) < 4.78 is 11.0. The highest BCUT2D eigenvalue weighted by molar-refractivity contribution is 6.10. The molecule has 0 heterocycles. The van der Waals surface area contributed by atoms with Crippen LogP contribution in [0.4, 0.5) is 28.4 Å². The molecular formula is C67H50N4O2. The van der Waals surface area contributed by atoms with Crippen molar-refractivity contribution in [3.05, 3.63) is 250 Å². The Labute approximate surface area is 426 Å². The van der Waals surface area contributed by atoms with Crippen molar-refractivity contribution in [1.29, 1.82) is 10.5 Å². The molecule has 0 saturated heterocycles. The Morgan fingerprint density at radius 3 is 1.55 bits per heavy atom. The van der Waals surface area contributed by atoms with E-state index in [1.165, 1.54) is 33.2 Å². The summed E-state index contributed by atoms with van der Waals surface area (Å²) in [5, 5.41) is 26.8. The molecule has 73 heavy (non-hydrogen) atoms. The Hall–Kier alpha value is -9.62. The number of benzene rings is 10. The van der Waals surface area contributed by atoms with Crippen LogP contribution < -0.4 is 19.3 Å². The second-order valence-corrected chi connectivity index (χ2v) is 18.2. The standard InChI is InChI=1S/C67H50N4O2/c1-72-57-35-31-54(32-36-57)70(45-52-13-7-11-50-9-3-5-14-59(50)52)53-27-21-46(22-28-53)17-19-48-25-39-61-63(41-48)65(43-68)62-40-26-49(42-64(62)66(61)44-69)20-18-47-23-29-55(30-24-47)71(56-33-37-58(73-2)38-34-56)67-16-8-12-51-10-4-6-15-60(51)67/h3-5,7-14,16-42H,6,15,45H2,1-2H3/b19-17+,20-18-. The molecule has 0 aliphatic heterocycles. The van der Waals surface area contributed by atoms with E-state index >= 15 is 0 Å². The van der Waals surface area contributed by atoms with E-state index < -0.39 is 0 Å². The highest BCUT2D eigenvalue weighted by Crippen LogP contribution is 2.41. The van der Waals surface area contributed by atoms with Crippen LogP contribution in [0.1, 0.15) is 56.5 Å². The maximum Gasteiger partial charge on any atom is 0.119 e. The van der Waals surface area contributed by atoms with E-state index in [0.717, 1.165) is 90.9 Å². The van der Waals surface area contributed by atoms with Crippen LogP contribution in [0.3, 0.4) is 0 Å². The van der Waals surface area contributed by atoms with Crippen LogP contribution >= 0.6 is 0 Å². The van der Waals surface area contributed by atoms with Gasteiger partial charge in [-0.1, -0.05) is 140 Å². The largest absolute Gasteiger partial charge is 0.497 e. The molecule has 350 valence electrons. The monoisotopic (exact) mass is 942 g/mol. The third kappa shape index (κ3) is 9.30. The van der Waals surface area contributed by atoms with Gasteiger partial charge >= 0.3 is 0 Å². The molecule has 0 bridgehead atoms. The number of hydrogen-bond donors (Lipinski definition) is 0. The molecule has 0 amide bonds. The van der Waals surface area contributed by atoms with Gasteiger partial charge in [0.1, 0.15) is 23.6 Å². The summed E-state index contributed by atoms with van der Waals surface area (Å²) in [7, 11) is 3.37. The predicted molar refractivity (Wildman–Crippen MR) is 303 cm³/mol. The number of allylic oxidation sites excluding steroid dienone is 1. The van der Waals surface area contributed by atoms with Gasteiger partial charge in [0.05, 0.1) is 25.3 Å². The van der Waals surface area contributed by atoms with Crippen molar-refractivity contribution in [1.82, 2.24) is 0 Å². The van der Waals surface area contributed by atoms with Crippen molar-refractivity contribution < 1.29 is 9.47 Å². The molecule has 1 aliphatic rings. The summed E-state index contributed by atoms with van der Waals surface area (Å²) in [6.45, 7) is 0.689. The molecule has 0 aromatic heterocycles. The van der Waals surface area contributed by atoms with Gasteiger partial charge in [0.2, 0.25) is 0 Å². The van der Waals surface area contributed by atoms with Crippen molar-refractivity contribution in [2.75, 3.05) is 24.0 Å². The summed E-state index contributed by atoms with van der Waals surface area (Å²) in [4.78, 5) is 4.64. The smallest absolute Gasteiger partial charge is 0.119 e. The minimum Gasteiger partial charge on any atom is -0.497 e. The lowest BCUT2D eigenvalue weighted by atomic mass is 9.90. The van der Waals surface area contributed by atoms with Crippen molar-refractivity contribution in [3.63, 3.8) is 0 Å². The van der Waals surface area contributed by atoms with E-state index in [0.29, 0.717) is 17.7 Å². The minimum atomic E-state index is 0.552. The predicted octanol–water partition coefficient (Wildman–Crippen LogP) is 17.0. The molecule has 0 saturated carbocycles. The first-order valence-corrected chi connectivity index (χ1v) is 24.5. The Balaban J connectivity index is 0.849. The molecule has 0 fully saturated rings. The highest BCUT2D eigenvalue weighted by atomic mass is 16.5. The Bertz CT molecular complexity index is 3850. The summed E-state index contributed by atoms with van der Waals surface area (Å²) >= 11 is 0. The first kappa shape index (κ1) is 45.8. The maximum atomic E-state index is 10.6. The van der Waals surface area contributed by atoms with Crippen LogP contribution in [0.2, 0.25) is 0 Å². The molecule has 6 heteroatoms. The Morgan fingerprint density at radius 2 is 0.973 bits per heavy atom. The number of fused-ring (bicyclic) bond motifs is 4. The minimum absolute atomic E-state index is 0.552. The lowest BCUT2D eigenvalue weighted by molar-refractivity contribution is 0.414. The van der Waals surface area contributed by atoms with Gasteiger partial charge in [0.15, 0.2) is 0 Å². The van der Waals surface area contributed by atoms with Crippen LogP contribution in [0.25, 0.3) is 62.7 Å². The molecule has 0 atom stereocenters. The van der Waals surface area contributed by atoms with Crippen molar-refractivity contribution in [2.45, 2.75) is 19.4 Å². The summed E-state index contributed by atoms with van der Waals surface area (Å²) in [6.07, 6.45) is 14.8. The van der Waals surface area contributed by atoms with Gasteiger partial charge in [0.25, 0.3) is 0 Å². The van der Waals surface area contributed by atoms with E-state index in [4.69, 9.17) is 9.47 Å². The van der Waals surface area contributed by atoms with Gasteiger partial charge in [-0.15, -0.1) is 0 Å². The van der Waals surface area contributed by atoms with Gasteiger partial charge in [0, 0.05) is 56.5 Å². The number of hydrogen-bond acceptors (Lipinski definition) is 6. The van der Waals surface area contributed by atoms with Gasteiger partial charge < -0.3 is 19.3 Å². The second-order valence-electron chi connectivity index (χ2n) is 18.2. The second kappa shape index (κ2) is 20.4. The van der Waals surface area contributed by atoms with Crippen molar-refractivity contribution in [2.24, 2.45) is 0 Å². The van der Waals surface area contributed by atoms with E-state index in [-0.39, 0.29) is 0 Å². The number of ether oxygens (including phenoxy) is 2. The first-order valence-electron chi connectivity index (χ1n) is 24.5. The number of rotatable bonds is 13. The molecule has 6 nitrogen and oxygen atoms in total. The quantitative estimate of drug-likeness (QED) is 0.0847. The van der Waals surface area contributed by atoms with Crippen molar-refractivity contribution in [3.8, 4) is 23.6 Å². The van der Waals surface area contributed by atoms with Crippen LogP contribution in [-0.4, -0.2) is 14.2 Å². The fourth-order valence-electron chi connectivity index (χ4n) is 10.1. The summed E-state index contributed by atoms with van der Waals surface area (Å²) in [6, 6.07) is 72.1. The summed E-state index contributed by atoms with van der Waals surface area (Å²) in [5.41, 5.74) is 14.3. The average Bonchev–Trinajstić information content (AvgIpc) is 3.45. The first-order chi connectivity index (χ1) is 36.0. The number of anilines is 5. The molecule has 10 aromatic rings. The van der Waals surface area contributed by atoms with E-state index in [9.17, 15) is 10.5 Å². The molecule has 10 aromatic carbocycles. The molecule has 0 unspecified atom stereocenters. The fraction of sp³-hybridized carbons (Fsp3) is 0.0746. The molecule has 1 aliphatic carbocycles. The number of nitrogens with zero attached hydrogens (tertiary/aromatic N) is 4. The Morgan fingerprint density at radius 1 is 0.479 bits per heavy atom. The zero-order valence-electron chi connectivity index (χ0n) is 40.7. The van der Waals surface area contributed by atoms with Crippen molar-refractivity contribution >= 4 is 91.1 Å². The van der Waals surface area contributed by atoms with Gasteiger partial charge in [-0.05, 0) is 154 Å². The Kier molecular flexibility index (Phi) is 12.8. The fourth-order valence-corrected chi connectivity index (χ4v) is 10.1. The molecule has 0 spiro atoms. The van der Waals surface area contributed by atoms with Crippen LogP contribution in [0, 0.1) is 22.7 Å². The van der Waals surface area contributed by atoms with Gasteiger partial charge in [-0.25, -0.2) is 0 Å². The summed E-state index contributed by atoms with van der Waals surface area (Å²) in [5.74, 6) is 1.63. The number of methoxy groups -OCH3 is 2. The topological polar surface area (TPSA) is 72.5 Å². The van der Waals surface area contributed by atoms with Crippen LogP contribution in [0.15, 0.2) is 200 Å². The molecule has 0 radical (unpaired) electrons. The van der Waals surface area contributed by atoms with Gasteiger partial charge in [-0.2, -0.15) is 10.5 Å². The van der Waals surface area contributed by atoms with E-state index in [1.807, 2.05) is 60.7 Å². The third-order valence-corrected chi connectivity index (χ3v) is 13.9. The van der Waals surface area contributed by atoms with Gasteiger partial charge in [-0.3, -0.25) is 0 Å². The van der Waals surface area contributed by atoms with E-state index in [1.54, 1.807) is 14.2 Å². The normalized spacial score (nSPS) is 12.0. The maximum absolute atomic E-state index is 10.6. The zero-order valence-corrected chi connectivity index (χ0v) is 40.7. The molecular weight excluding hydrogens is 893 g/mol.